The molecule has 0 rings (SSSR count). The average Bonchev–Trinajstić information content (AvgIpc) is 2.65. The monoisotopic (exact) mass is 442 g/mol. The van der Waals surface area contributed by atoms with Crippen molar-refractivity contribution in [2.75, 3.05) is 6.61 Å². The van der Waals surface area contributed by atoms with Gasteiger partial charge in [-0.1, -0.05) is 116 Å². The van der Waals surface area contributed by atoms with E-state index in [0.717, 1.165) is 44.9 Å². The van der Waals surface area contributed by atoms with E-state index in [1.165, 1.54) is 70.6 Å². The first-order chi connectivity index (χ1) is 13.5. The second-order valence-corrected chi connectivity index (χ2v) is 10.1. The van der Waals surface area contributed by atoms with Gasteiger partial charge in [-0.05, 0) is 19.3 Å². The molecule has 170 valence electrons. The van der Waals surface area contributed by atoms with Gasteiger partial charge < -0.3 is 9.66 Å². The normalized spacial score (nSPS) is 12.7. The van der Waals surface area contributed by atoms with Gasteiger partial charge in [0.25, 0.3) is 0 Å². The molecule has 1 atom stereocenters. The van der Waals surface area contributed by atoms with Crippen LogP contribution in [0.4, 0.5) is 0 Å². The molecule has 0 aliphatic carbocycles. The third-order valence-electron chi connectivity index (χ3n) is 5.72. The van der Waals surface area contributed by atoms with Crippen molar-refractivity contribution in [2.45, 2.75) is 141 Å². The van der Waals surface area contributed by atoms with Crippen molar-refractivity contribution >= 4 is 10.1 Å². The van der Waals surface area contributed by atoms with E-state index in [9.17, 15) is 13.0 Å². The standard InChI is InChI=1S/C23H48O4S.Na/c1-2-3-4-5-6-7-8-9-10-11-12-13-14-17-20-23(28(25,26)27)21-18-15-16-19-22-24;/h23-24H,2-22H2,1H3,(H,25,26,27);/q;+1/p-1. The average molecular weight is 443 g/mol. The van der Waals surface area contributed by atoms with Gasteiger partial charge in [-0.2, -0.15) is 0 Å². The Bertz CT molecular complexity index is 415. The molecule has 0 aromatic rings. The predicted molar refractivity (Wildman–Crippen MR) is 119 cm³/mol. The van der Waals surface area contributed by atoms with Crippen molar-refractivity contribution in [1.82, 2.24) is 0 Å². The molecule has 0 spiro atoms. The molecular weight excluding hydrogens is 395 g/mol. The van der Waals surface area contributed by atoms with Gasteiger partial charge in [0.1, 0.15) is 0 Å². The first kappa shape index (κ1) is 32.1. The van der Waals surface area contributed by atoms with Crippen LogP contribution in [0.2, 0.25) is 0 Å². The van der Waals surface area contributed by atoms with Crippen LogP contribution < -0.4 is 29.6 Å². The number of aliphatic hydroxyl groups is 1. The molecule has 0 saturated heterocycles. The molecule has 0 amide bonds. The van der Waals surface area contributed by atoms with E-state index in [1.54, 1.807) is 0 Å². The van der Waals surface area contributed by atoms with E-state index in [2.05, 4.69) is 6.92 Å². The molecule has 0 bridgehead atoms. The minimum atomic E-state index is -4.17. The molecule has 0 fully saturated rings. The summed E-state index contributed by atoms with van der Waals surface area (Å²) in [4.78, 5) is 0. The molecule has 0 aromatic heterocycles. The second kappa shape index (κ2) is 23.5. The maximum atomic E-state index is 11.4. The summed E-state index contributed by atoms with van der Waals surface area (Å²) in [6.07, 6.45) is 22.2. The van der Waals surface area contributed by atoms with Crippen molar-refractivity contribution in [1.29, 1.82) is 0 Å². The largest absolute Gasteiger partial charge is 1.00 e. The van der Waals surface area contributed by atoms with Gasteiger partial charge in [0.2, 0.25) is 0 Å². The fourth-order valence-electron chi connectivity index (χ4n) is 3.84. The number of aliphatic hydroxyl groups excluding tert-OH is 1. The molecule has 0 aliphatic rings. The molecule has 1 unspecified atom stereocenters. The van der Waals surface area contributed by atoms with E-state index in [-0.39, 0.29) is 36.2 Å². The summed E-state index contributed by atoms with van der Waals surface area (Å²) in [6.45, 7) is 2.44. The van der Waals surface area contributed by atoms with E-state index in [0.29, 0.717) is 12.8 Å². The zero-order valence-corrected chi connectivity index (χ0v) is 22.3. The quantitative estimate of drug-likeness (QED) is 0.157. The van der Waals surface area contributed by atoms with Crippen LogP contribution in [0.5, 0.6) is 0 Å². The maximum absolute atomic E-state index is 11.4. The summed E-state index contributed by atoms with van der Waals surface area (Å²) in [5, 5.41) is 8.04. The molecule has 29 heavy (non-hydrogen) atoms. The van der Waals surface area contributed by atoms with E-state index < -0.39 is 15.4 Å². The first-order valence-electron chi connectivity index (χ1n) is 12.1. The van der Waals surface area contributed by atoms with Crippen molar-refractivity contribution in [3.05, 3.63) is 0 Å². The fraction of sp³-hybridized carbons (Fsp3) is 1.00. The molecule has 4 nitrogen and oxygen atoms in total. The minimum Gasteiger partial charge on any atom is -0.748 e. The molecular formula is C23H47NaO4S. The molecule has 0 heterocycles. The van der Waals surface area contributed by atoms with Crippen molar-refractivity contribution in [2.24, 2.45) is 0 Å². The van der Waals surface area contributed by atoms with Gasteiger partial charge in [0, 0.05) is 11.9 Å². The Hall–Kier alpha value is 0.870. The van der Waals surface area contributed by atoms with Crippen LogP contribution in [0.15, 0.2) is 0 Å². The van der Waals surface area contributed by atoms with Crippen molar-refractivity contribution < 1.29 is 47.6 Å². The number of hydrogen-bond donors (Lipinski definition) is 1. The molecule has 1 N–H and O–H groups in total. The van der Waals surface area contributed by atoms with Gasteiger partial charge in [-0.3, -0.25) is 0 Å². The van der Waals surface area contributed by atoms with Crippen LogP contribution in [0.1, 0.15) is 135 Å². The zero-order chi connectivity index (χ0) is 20.9. The van der Waals surface area contributed by atoms with Crippen LogP contribution in [-0.2, 0) is 10.1 Å². The topological polar surface area (TPSA) is 77.4 Å². The molecule has 0 aliphatic heterocycles. The third-order valence-corrected chi connectivity index (χ3v) is 7.01. The Labute approximate surface area is 204 Å². The minimum absolute atomic E-state index is 0. The first-order valence-corrected chi connectivity index (χ1v) is 13.5. The van der Waals surface area contributed by atoms with E-state index in [1.807, 2.05) is 0 Å². The van der Waals surface area contributed by atoms with Crippen LogP contribution in [0.3, 0.4) is 0 Å². The van der Waals surface area contributed by atoms with E-state index >= 15 is 0 Å². The van der Waals surface area contributed by atoms with Crippen LogP contribution >= 0.6 is 0 Å². The summed E-state index contributed by atoms with van der Waals surface area (Å²) < 4.78 is 34.3. The SMILES string of the molecule is CCCCCCCCCCCCCCCCC(CCCCCCO)S(=O)(=O)[O-].[Na+]. The Morgan fingerprint density at radius 2 is 0.931 bits per heavy atom. The fourth-order valence-corrected chi connectivity index (χ4v) is 4.75. The zero-order valence-electron chi connectivity index (χ0n) is 19.5. The van der Waals surface area contributed by atoms with Gasteiger partial charge in [-0.25, -0.2) is 8.42 Å². The third kappa shape index (κ3) is 23.4. The summed E-state index contributed by atoms with van der Waals surface area (Å²) in [6, 6.07) is 0. The Morgan fingerprint density at radius 1 is 0.621 bits per heavy atom. The Morgan fingerprint density at radius 3 is 1.24 bits per heavy atom. The van der Waals surface area contributed by atoms with Gasteiger partial charge in [0.15, 0.2) is 0 Å². The summed E-state index contributed by atoms with van der Waals surface area (Å²) >= 11 is 0. The van der Waals surface area contributed by atoms with Gasteiger partial charge in [-0.15, -0.1) is 0 Å². The van der Waals surface area contributed by atoms with E-state index in [4.69, 9.17) is 5.11 Å². The van der Waals surface area contributed by atoms with Gasteiger partial charge in [0.05, 0.1) is 10.1 Å². The van der Waals surface area contributed by atoms with Crippen molar-refractivity contribution in [3.8, 4) is 0 Å². The molecule has 0 aromatic carbocycles. The maximum Gasteiger partial charge on any atom is 1.00 e. The predicted octanol–water partition coefficient (Wildman–Crippen LogP) is 3.72. The number of unbranched alkanes of at least 4 members (excludes halogenated alkanes) is 16. The van der Waals surface area contributed by atoms with Crippen LogP contribution in [0.25, 0.3) is 0 Å². The summed E-state index contributed by atoms with van der Waals surface area (Å²) in [5.74, 6) is 0. The number of rotatable bonds is 22. The molecule has 0 saturated carbocycles. The number of hydrogen-bond acceptors (Lipinski definition) is 4. The summed E-state index contributed by atoms with van der Waals surface area (Å²) in [5.41, 5.74) is 0. The Kier molecular flexibility index (Phi) is 26.0. The van der Waals surface area contributed by atoms with Crippen LogP contribution in [0, 0.1) is 0 Å². The van der Waals surface area contributed by atoms with Gasteiger partial charge >= 0.3 is 29.6 Å². The van der Waals surface area contributed by atoms with Crippen molar-refractivity contribution in [3.63, 3.8) is 0 Å². The smallest absolute Gasteiger partial charge is 0.748 e. The molecule has 6 heteroatoms. The molecule has 0 radical (unpaired) electrons. The van der Waals surface area contributed by atoms with Crippen LogP contribution in [-0.4, -0.2) is 29.9 Å². The summed E-state index contributed by atoms with van der Waals surface area (Å²) in [7, 11) is -4.17. The Balaban J connectivity index is 0. The second-order valence-electron chi connectivity index (χ2n) is 8.43.